The normalized spacial score (nSPS) is 20.3. The zero-order valence-corrected chi connectivity index (χ0v) is 30.7. The third-order valence-corrected chi connectivity index (χ3v) is 11.2. The summed E-state index contributed by atoms with van der Waals surface area (Å²) in [7, 11) is -9.69. The van der Waals surface area contributed by atoms with Crippen LogP contribution >= 0.6 is 38.4 Å². The summed E-state index contributed by atoms with van der Waals surface area (Å²) in [6, 6.07) is 3.95. The second kappa shape index (κ2) is 19.8. The molecule has 5 N–H and O–H groups in total. The molecule has 0 amide bonds. The zero-order chi connectivity index (χ0) is 37.9. The first-order valence-corrected chi connectivity index (χ1v) is 19.9. The van der Waals surface area contributed by atoms with Gasteiger partial charge in [0, 0.05) is 18.1 Å². The molecule has 1 unspecified atom stereocenters. The maximum absolute atomic E-state index is 13.8. The fourth-order valence-corrected chi connectivity index (χ4v) is 7.88. The Balaban J connectivity index is 1.45. The van der Waals surface area contributed by atoms with Crippen LogP contribution < -0.4 is 4.90 Å². The third kappa shape index (κ3) is 12.6. The van der Waals surface area contributed by atoms with Crippen LogP contribution in [0.15, 0.2) is 24.4 Å². The van der Waals surface area contributed by atoms with E-state index in [1.807, 2.05) is 0 Å². The minimum absolute atomic E-state index is 0.0662. The van der Waals surface area contributed by atoms with Crippen LogP contribution in [0.5, 0.6) is 0 Å². The van der Waals surface area contributed by atoms with Crippen molar-refractivity contribution in [2.75, 3.05) is 76.8 Å². The molecule has 0 aliphatic carbocycles. The molecule has 0 saturated carbocycles. The lowest BCUT2D eigenvalue weighted by Crippen LogP contribution is -2.33. The second-order valence-electron chi connectivity index (χ2n) is 11.2. The van der Waals surface area contributed by atoms with Crippen LogP contribution in [-0.2, 0) is 43.9 Å². The van der Waals surface area contributed by atoms with Crippen molar-refractivity contribution in [2.45, 2.75) is 31.1 Å². The van der Waals surface area contributed by atoms with Crippen LogP contribution in [0.2, 0.25) is 10.3 Å². The fourth-order valence-electron chi connectivity index (χ4n) is 4.93. The van der Waals surface area contributed by atoms with Gasteiger partial charge in [-0.05, 0) is 29.3 Å². The standard InChI is InChI=1S/C29H38Cl2FN5O13P2/c1-2-6-45-8-10-47-12-13-48-11-9-46-7-5-36(16-19-3-4-20(32)14-22(19)30)26-21-15-33-37(27(21)35-29(31)34-26)28-25(39)24(38)23(50-28)17-49-52(43,44)18-51(40,41)42/h1,3-4,14-15,23-25,28,38-39H,5-13,16-18H2,(H,43,44)(H2,40,41,42)/t23-,24-,25-,28-/m1/s1. The van der Waals surface area contributed by atoms with Crippen LogP contribution in [0, 0.1) is 18.2 Å². The minimum Gasteiger partial charge on any atom is -0.387 e. The van der Waals surface area contributed by atoms with Crippen LogP contribution in [0.4, 0.5) is 10.2 Å². The van der Waals surface area contributed by atoms with E-state index in [2.05, 4.69) is 21.0 Å². The Bertz CT molecular complexity index is 1770. The van der Waals surface area contributed by atoms with Gasteiger partial charge >= 0.3 is 15.2 Å². The highest BCUT2D eigenvalue weighted by atomic mass is 35.5. The van der Waals surface area contributed by atoms with E-state index in [-0.39, 0.29) is 61.3 Å². The molecule has 3 aromatic rings. The summed E-state index contributed by atoms with van der Waals surface area (Å²) in [5.74, 6) is 0.654. The van der Waals surface area contributed by atoms with Crippen molar-refractivity contribution in [3.63, 3.8) is 0 Å². The molecule has 0 radical (unpaired) electrons. The average Bonchev–Trinajstić information content (AvgIpc) is 3.60. The molecule has 0 spiro atoms. The Hall–Kier alpha value is -2.34. The Kier molecular flexibility index (Phi) is 16.2. The van der Waals surface area contributed by atoms with E-state index in [0.717, 1.165) is 4.68 Å². The van der Waals surface area contributed by atoms with Gasteiger partial charge in [0.15, 0.2) is 17.8 Å². The molecule has 1 saturated heterocycles. The van der Waals surface area contributed by atoms with Gasteiger partial charge < -0.3 is 58.0 Å². The number of aliphatic hydroxyl groups is 2. The lowest BCUT2D eigenvalue weighted by Gasteiger charge is -2.25. The number of anilines is 1. The van der Waals surface area contributed by atoms with E-state index in [0.29, 0.717) is 37.4 Å². The molecular formula is C29H38Cl2FN5O13P2. The zero-order valence-electron chi connectivity index (χ0n) is 27.4. The van der Waals surface area contributed by atoms with Gasteiger partial charge in [-0.3, -0.25) is 9.13 Å². The molecule has 1 fully saturated rings. The van der Waals surface area contributed by atoms with Crippen molar-refractivity contribution >= 4 is 55.2 Å². The molecule has 1 aromatic carbocycles. The van der Waals surface area contributed by atoms with Gasteiger partial charge in [-0.25, -0.2) is 9.07 Å². The lowest BCUT2D eigenvalue weighted by molar-refractivity contribution is -0.0541. The number of rotatable bonds is 22. The monoisotopic (exact) mass is 815 g/mol. The Morgan fingerprint density at radius 2 is 1.63 bits per heavy atom. The predicted molar refractivity (Wildman–Crippen MR) is 184 cm³/mol. The number of fused-ring (bicyclic) bond motifs is 1. The number of hydrogen-bond donors (Lipinski definition) is 5. The molecule has 288 valence electrons. The highest BCUT2D eigenvalue weighted by Crippen LogP contribution is 2.55. The number of hydrogen-bond acceptors (Lipinski definition) is 14. The van der Waals surface area contributed by atoms with Gasteiger partial charge in [0.05, 0.1) is 64.4 Å². The SMILES string of the molecule is C#CCOCCOCCOCCOCCN(Cc1ccc(F)cc1Cl)c1nc(Cl)nc2c1cnn2[C@@H]1O[C@H](COP(=O)(O)CP(=O)(O)O)[C@@H](O)[C@H]1O. The van der Waals surface area contributed by atoms with E-state index >= 15 is 0 Å². The van der Waals surface area contributed by atoms with Crippen molar-refractivity contribution in [3.8, 4) is 12.3 Å². The van der Waals surface area contributed by atoms with Crippen LogP contribution in [0.1, 0.15) is 11.8 Å². The number of nitrogens with zero attached hydrogens (tertiary/aromatic N) is 5. The molecule has 5 atom stereocenters. The summed E-state index contributed by atoms with van der Waals surface area (Å²) < 4.78 is 70.5. The summed E-state index contributed by atoms with van der Waals surface area (Å²) in [5, 5.41) is 26.0. The largest absolute Gasteiger partial charge is 0.387 e. The van der Waals surface area contributed by atoms with Gasteiger partial charge in [-0.2, -0.15) is 15.1 Å². The molecule has 1 aliphatic heterocycles. The second-order valence-corrected chi connectivity index (χ2v) is 15.9. The van der Waals surface area contributed by atoms with Crippen molar-refractivity contribution in [1.29, 1.82) is 0 Å². The highest BCUT2D eigenvalue weighted by Gasteiger charge is 2.46. The summed E-state index contributed by atoms with van der Waals surface area (Å²) in [5.41, 5.74) is 0.614. The number of aliphatic hydroxyl groups excluding tert-OH is 2. The average molecular weight is 816 g/mol. The maximum atomic E-state index is 13.8. The summed E-state index contributed by atoms with van der Waals surface area (Å²) in [6.45, 7) is 1.97. The van der Waals surface area contributed by atoms with Gasteiger partial charge in [-0.1, -0.05) is 23.6 Å². The lowest BCUT2D eigenvalue weighted by atomic mass is 10.1. The molecule has 52 heavy (non-hydrogen) atoms. The molecule has 0 bridgehead atoms. The first-order chi connectivity index (χ1) is 24.7. The van der Waals surface area contributed by atoms with E-state index in [1.54, 1.807) is 4.90 Å². The Labute approximate surface area is 307 Å². The molecular weight excluding hydrogens is 778 g/mol. The summed E-state index contributed by atoms with van der Waals surface area (Å²) in [6.07, 6.45) is 0.345. The quantitative estimate of drug-likeness (QED) is 0.0422. The highest BCUT2D eigenvalue weighted by molar-refractivity contribution is 7.70. The van der Waals surface area contributed by atoms with Gasteiger partial charge in [0.1, 0.15) is 36.6 Å². The van der Waals surface area contributed by atoms with Crippen molar-refractivity contribution in [2.24, 2.45) is 0 Å². The Morgan fingerprint density at radius 3 is 2.27 bits per heavy atom. The third-order valence-electron chi connectivity index (χ3n) is 7.27. The number of halogens is 3. The number of aromatic nitrogens is 4. The van der Waals surface area contributed by atoms with Gasteiger partial charge in [0.25, 0.3) is 0 Å². The van der Waals surface area contributed by atoms with Crippen LogP contribution in [0.3, 0.4) is 0 Å². The van der Waals surface area contributed by atoms with E-state index in [1.165, 1.54) is 24.4 Å². The Morgan fingerprint density at radius 1 is 0.981 bits per heavy atom. The fraction of sp³-hybridized carbons (Fsp3) is 0.552. The number of ether oxygens (including phenoxy) is 5. The van der Waals surface area contributed by atoms with Crippen molar-refractivity contribution in [3.05, 3.63) is 46.1 Å². The summed E-state index contributed by atoms with van der Waals surface area (Å²) >= 11 is 12.7. The van der Waals surface area contributed by atoms with Crippen molar-refractivity contribution < 1.29 is 66.6 Å². The van der Waals surface area contributed by atoms with Gasteiger partial charge in [0.2, 0.25) is 5.28 Å². The molecule has 3 heterocycles. The molecule has 2 aromatic heterocycles. The first kappa shape index (κ1) is 42.4. The molecule has 18 nitrogen and oxygen atoms in total. The minimum atomic E-state index is -4.91. The van der Waals surface area contributed by atoms with Crippen LogP contribution in [-0.4, -0.2) is 135 Å². The van der Waals surface area contributed by atoms with E-state index < -0.39 is 58.1 Å². The number of benzene rings is 1. The van der Waals surface area contributed by atoms with E-state index in [9.17, 15) is 28.6 Å². The maximum Gasteiger partial charge on any atom is 0.340 e. The summed E-state index contributed by atoms with van der Waals surface area (Å²) in [4.78, 5) is 38.3. The molecule has 4 rings (SSSR count). The van der Waals surface area contributed by atoms with Crippen molar-refractivity contribution in [1.82, 2.24) is 19.7 Å². The van der Waals surface area contributed by atoms with Gasteiger partial charge in [-0.15, -0.1) is 6.42 Å². The molecule has 1 aliphatic rings. The first-order valence-electron chi connectivity index (χ1n) is 15.6. The van der Waals surface area contributed by atoms with E-state index in [4.69, 9.17) is 67.6 Å². The number of terminal acetylenes is 1. The smallest absolute Gasteiger partial charge is 0.340 e. The predicted octanol–water partition coefficient (Wildman–Crippen LogP) is 1.93. The topological polar surface area (TPSA) is 238 Å². The van der Waals surface area contributed by atoms with Crippen LogP contribution in [0.25, 0.3) is 11.0 Å². The molecule has 23 heteroatoms.